The predicted octanol–water partition coefficient (Wildman–Crippen LogP) is 1.44. The van der Waals surface area contributed by atoms with Crippen LogP contribution in [0.4, 0.5) is 10.6 Å². The van der Waals surface area contributed by atoms with Gasteiger partial charge in [0.25, 0.3) is 0 Å². The first kappa shape index (κ1) is 18.2. The van der Waals surface area contributed by atoms with Crippen LogP contribution in [0.3, 0.4) is 0 Å². The van der Waals surface area contributed by atoms with Crippen LogP contribution in [0.15, 0.2) is 10.6 Å². The van der Waals surface area contributed by atoms with E-state index in [0.717, 1.165) is 0 Å². The molecule has 0 atom stereocenters. The molecular formula is C17H24N4O5. The lowest BCUT2D eigenvalue weighted by atomic mass is 10.0. The topological polar surface area (TPSA) is 114 Å². The summed E-state index contributed by atoms with van der Waals surface area (Å²) in [6.07, 6.45) is 2.00. The summed E-state index contributed by atoms with van der Waals surface area (Å²) in [6, 6.07) is 1.56. The summed E-state index contributed by atoms with van der Waals surface area (Å²) in [6.45, 7) is 4.90. The monoisotopic (exact) mass is 364 g/mol. The minimum atomic E-state index is -1.02. The van der Waals surface area contributed by atoms with E-state index < -0.39 is 5.41 Å². The van der Waals surface area contributed by atoms with Crippen LogP contribution in [-0.2, 0) is 14.3 Å². The van der Waals surface area contributed by atoms with Crippen molar-refractivity contribution in [1.82, 2.24) is 15.4 Å². The third-order valence-electron chi connectivity index (χ3n) is 4.85. The molecule has 2 heterocycles. The number of aromatic nitrogens is 1. The molecule has 142 valence electrons. The van der Waals surface area contributed by atoms with Crippen LogP contribution < -0.4 is 10.6 Å². The predicted molar refractivity (Wildman–Crippen MR) is 91.3 cm³/mol. The van der Waals surface area contributed by atoms with E-state index in [1.807, 2.05) is 0 Å². The molecule has 0 radical (unpaired) electrons. The minimum Gasteiger partial charge on any atom is -0.450 e. The normalized spacial score (nSPS) is 18.9. The molecule has 3 amide bonds. The Bertz CT molecular complexity index is 689. The number of rotatable bonds is 5. The molecule has 2 fully saturated rings. The molecule has 9 nitrogen and oxygen atoms in total. The molecule has 0 bridgehead atoms. The van der Waals surface area contributed by atoms with Crippen LogP contribution in [0.25, 0.3) is 0 Å². The molecule has 9 heteroatoms. The number of hydrogen-bond acceptors (Lipinski definition) is 6. The van der Waals surface area contributed by atoms with E-state index in [4.69, 9.17) is 9.26 Å². The number of piperidine rings is 1. The molecule has 1 aromatic rings. The maximum Gasteiger partial charge on any atom is 0.409 e. The zero-order valence-corrected chi connectivity index (χ0v) is 15.0. The third-order valence-corrected chi connectivity index (χ3v) is 4.85. The van der Waals surface area contributed by atoms with Crippen molar-refractivity contribution in [3.8, 4) is 0 Å². The minimum absolute atomic E-state index is 0.0484. The number of ether oxygens (including phenoxy) is 1. The van der Waals surface area contributed by atoms with E-state index >= 15 is 0 Å². The van der Waals surface area contributed by atoms with Gasteiger partial charge in [0.05, 0.1) is 6.61 Å². The Morgan fingerprint density at radius 2 is 2.00 bits per heavy atom. The van der Waals surface area contributed by atoms with Gasteiger partial charge in [-0.2, -0.15) is 0 Å². The fraction of sp³-hybridized carbons (Fsp3) is 0.647. The fourth-order valence-electron chi connectivity index (χ4n) is 3.09. The molecular weight excluding hydrogens is 340 g/mol. The summed E-state index contributed by atoms with van der Waals surface area (Å²) in [5, 5.41) is 9.33. The number of anilines is 1. The maximum atomic E-state index is 12.6. The summed E-state index contributed by atoms with van der Waals surface area (Å²) in [4.78, 5) is 38.5. The lowest BCUT2D eigenvalue weighted by Crippen LogP contribution is -2.50. The summed E-state index contributed by atoms with van der Waals surface area (Å²) >= 11 is 0. The van der Waals surface area contributed by atoms with Crippen LogP contribution in [0.5, 0.6) is 0 Å². The molecule has 1 aromatic heterocycles. The van der Waals surface area contributed by atoms with E-state index in [-0.39, 0.29) is 23.9 Å². The Balaban J connectivity index is 1.50. The van der Waals surface area contributed by atoms with Crippen LogP contribution >= 0.6 is 0 Å². The molecule has 2 aliphatic rings. The highest BCUT2D eigenvalue weighted by Gasteiger charge is 2.57. The van der Waals surface area contributed by atoms with Gasteiger partial charge < -0.3 is 24.8 Å². The highest BCUT2D eigenvalue weighted by atomic mass is 16.6. The average molecular weight is 364 g/mol. The molecule has 1 saturated carbocycles. The molecule has 0 aromatic carbocycles. The van der Waals surface area contributed by atoms with Gasteiger partial charge in [0.2, 0.25) is 11.8 Å². The fourth-order valence-corrected chi connectivity index (χ4v) is 3.09. The lowest BCUT2D eigenvalue weighted by molar-refractivity contribution is -0.135. The molecule has 1 saturated heterocycles. The van der Waals surface area contributed by atoms with Crippen molar-refractivity contribution < 1.29 is 23.6 Å². The number of nitrogens with zero attached hydrogens (tertiary/aromatic N) is 2. The molecule has 26 heavy (non-hydrogen) atoms. The van der Waals surface area contributed by atoms with Crippen LogP contribution in [-0.4, -0.2) is 53.7 Å². The summed E-state index contributed by atoms with van der Waals surface area (Å²) < 4.78 is 9.90. The number of nitrogens with one attached hydrogen (secondary N) is 2. The Kier molecular flexibility index (Phi) is 5.15. The SMILES string of the molecule is CCOC(=O)N1CCC(NC(=O)C2(C(=O)Nc3cc(C)on3)CC2)CC1. The lowest BCUT2D eigenvalue weighted by Gasteiger charge is -2.32. The standard InChI is InChI=1S/C17H24N4O5/c1-3-25-16(24)21-8-4-12(5-9-21)18-14(22)17(6-7-17)15(23)19-13-10-11(2)26-20-13/h10,12H,3-9H2,1-2H3,(H,18,22)(H,19,20,23). The van der Waals surface area contributed by atoms with E-state index in [9.17, 15) is 14.4 Å². The number of carbonyl (C=O) groups excluding carboxylic acids is 3. The maximum absolute atomic E-state index is 12.6. The van der Waals surface area contributed by atoms with Gasteiger partial charge in [-0.25, -0.2) is 4.79 Å². The zero-order chi connectivity index (χ0) is 18.7. The second-order valence-electron chi connectivity index (χ2n) is 6.79. The van der Waals surface area contributed by atoms with Gasteiger partial charge in [-0.1, -0.05) is 5.16 Å². The van der Waals surface area contributed by atoms with Crippen molar-refractivity contribution in [2.24, 2.45) is 5.41 Å². The Labute approximate surface area is 151 Å². The van der Waals surface area contributed by atoms with Gasteiger partial charge in [-0.3, -0.25) is 9.59 Å². The van der Waals surface area contributed by atoms with Gasteiger partial charge >= 0.3 is 6.09 Å². The molecule has 0 spiro atoms. The first-order valence-corrected chi connectivity index (χ1v) is 8.92. The summed E-state index contributed by atoms with van der Waals surface area (Å²) in [7, 11) is 0. The van der Waals surface area contributed by atoms with E-state index in [0.29, 0.717) is 57.0 Å². The first-order valence-electron chi connectivity index (χ1n) is 8.92. The molecule has 1 aliphatic heterocycles. The van der Waals surface area contributed by atoms with Crippen molar-refractivity contribution in [3.05, 3.63) is 11.8 Å². The molecule has 1 aliphatic carbocycles. The number of aryl methyl sites for hydroxylation is 1. The van der Waals surface area contributed by atoms with E-state index in [2.05, 4.69) is 15.8 Å². The van der Waals surface area contributed by atoms with Crippen molar-refractivity contribution in [1.29, 1.82) is 0 Å². The van der Waals surface area contributed by atoms with Gasteiger partial charge in [0.1, 0.15) is 11.2 Å². The number of amides is 3. The first-order chi connectivity index (χ1) is 12.4. The number of hydrogen-bond donors (Lipinski definition) is 2. The molecule has 0 unspecified atom stereocenters. The number of carbonyl (C=O) groups is 3. The van der Waals surface area contributed by atoms with Gasteiger partial charge in [0.15, 0.2) is 5.82 Å². The third kappa shape index (κ3) is 3.81. The molecule has 3 rings (SSSR count). The van der Waals surface area contributed by atoms with Gasteiger partial charge in [-0.05, 0) is 39.5 Å². The quantitative estimate of drug-likeness (QED) is 0.764. The Morgan fingerprint density at radius 3 is 2.54 bits per heavy atom. The van der Waals surface area contributed by atoms with Crippen molar-refractivity contribution in [2.45, 2.75) is 45.6 Å². The van der Waals surface area contributed by atoms with Crippen LogP contribution in [0.1, 0.15) is 38.4 Å². The van der Waals surface area contributed by atoms with Crippen LogP contribution in [0.2, 0.25) is 0 Å². The van der Waals surface area contributed by atoms with E-state index in [1.165, 1.54) is 0 Å². The van der Waals surface area contributed by atoms with Crippen molar-refractivity contribution >= 4 is 23.7 Å². The Hall–Kier alpha value is -2.58. The molecule has 2 N–H and O–H groups in total. The van der Waals surface area contributed by atoms with E-state index in [1.54, 1.807) is 24.8 Å². The number of likely N-dealkylation sites (tertiary alicyclic amines) is 1. The van der Waals surface area contributed by atoms with Crippen LogP contribution in [0, 0.1) is 12.3 Å². The summed E-state index contributed by atoms with van der Waals surface area (Å²) in [5.41, 5.74) is -1.02. The summed E-state index contributed by atoms with van der Waals surface area (Å²) in [5.74, 6) is 0.286. The largest absolute Gasteiger partial charge is 0.450 e. The smallest absolute Gasteiger partial charge is 0.409 e. The average Bonchev–Trinajstić information content (AvgIpc) is 3.34. The van der Waals surface area contributed by atoms with Crippen molar-refractivity contribution in [2.75, 3.05) is 25.0 Å². The van der Waals surface area contributed by atoms with Crippen molar-refractivity contribution in [3.63, 3.8) is 0 Å². The highest BCUT2D eigenvalue weighted by molar-refractivity contribution is 6.12. The van der Waals surface area contributed by atoms with Gasteiger partial charge in [0, 0.05) is 25.2 Å². The Morgan fingerprint density at radius 1 is 1.31 bits per heavy atom. The zero-order valence-electron chi connectivity index (χ0n) is 15.0. The van der Waals surface area contributed by atoms with Gasteiger partial charge in [-0.15, -0.1) is 0 Å². The highest BCUT2D eigenvalue weighted by Crippen LogP contribution is 2.47. The second kappa shape index (κ2) is 7.35. The second-order valence-corrected chi connectivity index (χ2v) is 6.79.